The van der Waals surface area contributed by atoms with Crippen LogP contribution in [0.5, 0.6) is 0 Å². The molecule has 112 valence electrons. The summed E-state index contributed by atoms with van der Waals surface area (Å²) in [4.78, 5) is 14.3. The zero-order valence-corrected chi connectivity index (χ0v) is 12.6. The van der Waals surface area contributed by atoms with Gasteiger partial charge in [-0.3, -0.25) is 9.69 Å². The highest BCUT2D eigenvalue weighted by Gasteiger charge is 2.37. The first kappa shape index (κ1) is 15.3. The maximum absolute atomic E-state index is 11.8. The lowest BCUT2D eigenvalue weighted by molar-refractivity contribution is 0.0939. The van der Waals surface area contributed by atoms with Gasteiger partial charge >= 0.3 is 0 Å². The average Bonchev–Trinajstić information content (AvgIpc) is 2.95. The van der Waals surface area contributed by atoms with E-state index in [-0.39, 0.29) is 11.1 Å². The lowest BCUT2D eigenvalue weighted by Gasteiger charge is -2.41. The molecule has 2 N–H and O–H groups in total. The molecule has 4 heteroatoms. The van der Waals surface area contributed by atoms with Gasteiger partial charge in [0, 0.05) is 37.4 Å². The second-order valence-corrected chi connectivity index (χ2v) is 5.85. The van der Waals surface area contributed by atoms with Crippen LogP contribution in [0.15, 0.2) is 29.2 Å². The van der Waals surface area contributed by atoms with Crippen molar-refractivity contribution in [3.05, 3.63) is 34.7 Å². The fourth-order valence-corrected chi connectivity index (χ4v) is 3.41. The first-order chi connectivity index (χ1) is 9.72. The Morgan fingerprint density at radius 3 is 2.65 bits per heavy atom. The van der Waals surface area contributed by atoms with Gasteiger partial charge in [0.2, 0.25) is 0 Å². The smallest absolute Gasteiger partial charge is 0.250 e. The van der Waals surface area contributed by atoms with E-state index in [0.29, 0.717) is 0 Å². The summed E-state index contributed by atoms with van der Waals surface area (Å²) in [7, 11) is 0. The summed E-state index contributed by atoms with van der Waals surface area (Å²) < 4.78 is 1.79. The largest absolute Gasteiger partial charge is 0.329 e. The first-order valence-electron chi connectivity index (χ1n) is 7.82. The minimum atomic E-state index is 0.0807. The van der Waals surface area contributed by atoms with E-state index in [9.17, 15) is 4.79 Å². The van der Waals surface area contributed by atoms with Crippen molar-refractivity contribution < 1.29 is 0 Å². The van der Waals surface area contributed by atoms with Gasteiger partial charge in [-0.15, -0.1) is 0 Å². The fraction of sp³-hybridized carbons (Fsp3) is 0.688. The Morgan fingerprint density at radius 1 is 1.30 bits per heavy atom. The third-order valence-corrected chi connectivity index (χ3v) is 4.59. The highest BCUT2D eigenvalue weighted by Crippen LogP contribution is 2.34. The molecule has 1 aliphatic carbocycles. The molecule has 1 heterocycles. The Morgan fingerprint density at radius 2 is 2.05 bits per heavy atom. The summed E-state index contributed by atoms with van der Waals surface area (Å²) in [6.45, 7) is 5.67. The quantitative estimate of drug-likeness (QED) is 0.827. The summed E-state index contributed by atoms with van der Waals surface area (Å²) in [6.07, 6.45) is 7.97. The number of nitrogens with two attached hydrogens (primary N) is 1. The van der Waals surface area contributed by atoms with Gasteiger partial charge in [0.1, 0.15) is 0 Å². The van der Waals surface area contributed by atoms with E-state index in [1.54, 1.807) is 16.7 Å². The van der Waals surface area contributed by atoms with Gasteiger partial charge in [0.15, 0.2) is 0 Å². The van der Waals surface area contributed by atoms with Gasteiger partial charge < -0.3 is 10.3 Å². The lowest BCUT2D eigenvalue weighted by Crippen LogP contribution is -2.53. The van der Waals surface area contributed by atoms with Crippen molar-refractivity contribution >= 4 is 0 Å². The Bertz CT molecular complexity index is 463. The van der Waals surface area contributed by atoms with Crippen LogP contribution < -0.4 is 11.3 Å². The second-order valence-electron chi connectivity index (χ2n) is 5.85. The normalized spacial score (nSPS) is 17.8. The third-order valence-electron chi connectivity index (χ3n) is 4.59. The Kier molecular flexibility index (Phi) is 5.38. The van der Waals surface area contributed by atoms with Gasteiger partial charge in [0.05, 0.1) is 0 Å². The van der Waals surface area contributed by atoms with E-state index in [1.165, 1.54) is 25.7 Å². The summed E-state index contributed by atoms with van der Waals surface area (Å²) in [6, 6.07) is 5.33. The molecule has 0 aliphatic heterocycles. The molecule has 4 nitrogen and oxygen atoms in total. The van der Waals surface area contributed by atoms with Crippen LogP contribution in [0.2, 0.25) is 0 Å². The highest BCUT2D eigenvalue weighted by atomic mass is 16.1. The van der Waals surface area contributed by atoms with Gasteiger partial charge in [-0.25, -0.2) is 0 Å². The summed E-state index contributed by atoms with van der Waals surface area (Å²) in [5, 5.41) is 0. The van der Waals surface area contributed by atoms with E-state index in [0.717, 1.165) is 32.6 Å². The molecule has 0 atom stereocenters. The molecule has 0 unspecified atom stereocenters. The van der Waals surface area contributed by atoms with E-state index in [2.05, 4.69) is 11.8 Å². The standard InChI is InChI=1S/C16H27N3O/c1-2-10-19(16(14-17)8-4-5-9-16)13-12-18-11-6-3-7-15(18)20/h3,6-7,11H,2,4-5,8-10,12-14,17H2,1H3. The van der Waals surface area contributed by atoms with Crippen molar-refractivity contribution in [2.45, 2.75) is 51.1 Å². The van der Waals surface area contributed by atoms with Gasteiger partial charge in [-0.2, -0.15) is 0 Å². The van der Waals surface area contributed by atoms with Crippen LogP contribution >= 0.6 is 0 Å². The Labute approximate surface area is 121 Å². The lowest BCUT2D eigenvalue weighted by atomic mass is 9.94. The summed E-state index contributed by atoms with van der Waals surface area (Å²) in [5.41, 5.74) is 6.34. The van der Waals surface area contributed by atoms with Gasteiger partial charge in [0.25, 0.3) is 5.56 Å². The number of hydrogen-bond donors (Lipinski definition) is 1. The molecule has 1 aromatic heterocycles. The summed E-state index contributed by atoms with van der Waals surface area (Å²) in [5.74, 6) is 0. The van der Waals surface area contributed by atoms with Gasteiger partial charge in [-0.05, 0) is 31.9 Å². The topological polar surface area (TPSA) is 51.3 Å². The number of aromatic nitrogens is 1. The molecule has 20 heavy (non-hydrogen) atoms. The van der Waals surface area contributed by atoms with Crippen molar-refractivity contribution in [2.75, 3.05) is 19.6 Å². The summed E-state index contributed by atoms with van der Waals surface area (Å²) >= 11 is 0. The van der Waals surface area contributed by atoms with Crippen molar-refractivity contribution in [1.82, 2.24) is 9.47 Å². The fourth-order valence-electron chi connectivity index (χ4n) is 3.41. The van der Waals surface area contributed by atoms with Crippen molar-refractivity contribution in [1.29, 1.82) is 0 Å². The third kappa shape index (κ3) is 3.30. The molecule has 1 fully saturated rings. The van der Waals surface area contributed by atoms with Crippen LogP contribution in [0, 0.1) is 0 Å². The van der Waals surface area contributed by atoms with Crippen LogP contribution in [0.25, 0.3) is 0 Å². The number of nitrogens with zero attached hydrogens (tertiary/aromatic N) is 2. The first-order valence-corrected chi connectivity index (χ1v) is 7.82. The maximum atomic E-state index is 11.8. The number of rotatable bonds is 7. The van der Waals surface area contributed by atoms with Crippen LogP contribution in [-0.4, -0.2) is 34.6 Å². The molecule has 0 spiro atoms. The average molecular weight is 277 g/mol. The van der Waals surface area contributed by atoms with Crippen LogP contribution in [0.1, 0.15) is 39.0 Å². The maximum Gasteiger partial charge on any atom is 0.250 e. The van der Waals surface area contributed by atoms with Crippen molar-refractivity contribution in [2.24, 2.45) is 5.73 Å². The zero-order chi connectivity index (χ0) is 14.4. The number of pyridine rings is 1. The molecule has 0 aromatic carbocycles. The number of hydrogen-bond acceptors (Lipinski definition) is 3. The van der Waals surface area contributed by atoms with E-state index in [1.807, 2.05) is 12.3 Å². The molecule has 0 radical (unpaired) electrons. The zero-order valence-electron chi connectivity index (χ0n) is 12.6. The molecular weight excluding hydrogens is 250 g/mol. The van der Waals surface area contributed by atoms with Crippen LogP contribution in [0.3, 0.4) is 0 Å². The molecule has 1 aromatic rings. The van der Waals surface area contributed by atoms with Crippen LogP contribution in [0.4, 0.5) is 0 Å². The minimum Gasteiger partial charge on any atom is -0.329 e. The molecule has 0 bridgehead atoms. The predicted molar refractivity (Wildman–Crippen MR) is 82.8 cm³/mol. The molecule has 1 saturated carbocycles. The second kappa shape index (κ2) is 7.04. The minimum absolute atomic E-state index is 0.0807. The van der Waals surface area contributed by atoms with E-state index >= 15 is 0 Å². The van der Waals surface area contributed by atoms with Crippen molar-refractivity contribution in [3.63, 3.8) is 0 Å². The highest BCUT2D eigenvalue weighted by molar-refractivity contribution is 4.97. The van der Waals surface area contributed by atoms with Crippen LogP contribution in [-0.2, 0) is 6.54 Å². The molecule has 2 rings (SSSR count). The molecular formula is C16H27N3O. The molecule has 1 aliphatic rings. The SMILES string of the molecule is CCCN(CCn1ccccc1=O)C1(CN)CCCC1. The van der Waals surface area contributed by atoms with E-state index < -0.39 is 0 Å². The van der Waals surface area contributed by atoms with Crippen molar-refractivity contribution in [3.8, 4) is 0 Å². The van der Waals surface area contributed by atoms with E-state index in [4.69, 9.17) is 5.73 Å². The molecule has 0 amide bonds. The monoisotopic (exact) mass is 277 g/mol. The van der Waals surface area contributed by atoms with Gasteiger partial charge in [-0.1, -0.05) is 25.8 Å². The Balaban J connectivity index is 2.06. The predicted octanol–water partition coefficient (Wildman–Crippen LogP) is 1.83. The molecule has 0 saturated heterocycles. The Hall–Kier alpha value is -1.13.